The van der Waals surface area contributed by atoms with Crippen LogP contribution >= 0.6 is 0 Å². The maximum absolute atomic E-state index is 13.2. The Morgan fingerprint density at radius 2 is 2.09 bits per heavy atom. The average molecular weight is 326 g/mol. The molecule has 7 heteroatoms. The highest BCUT2D eigenvalue weighted by atomic mass is 19.3. The summed E-state index contributed by atoms with van der Waals surface area (Å²) in [6.45, 7) is 1.27. The molecule has 1 fully saturated rings. The predicted octanol–water partition coefficient (Wildman–Crippen LogP) is 2.82. The zero-order chi connectivity index (χ0) is 17.0. The van der Waals surface area contributed by atoms with Crippen molar-refractivity contribution in [1.29, 1.82) is 0 Å². The standard InChI is InChI=1S/C16H20F2N2O3/c1-2-11-5-3-4-6-12(11)13(9-14(21)22)19-15(23)20-8-7-16(17,18)10-20/h3-6,13H,2,7-10H2,1H3,(H,19,23)(H,21,22). The molecule has 126 valence electrons. The van der Waals surface area contributed by atoms with E-state index in [9.17, 15) is 18.4 Å². The normalized spacial score (nSPS) is 17.8. The minimum Gasteiger partial charge on any atom is -0.481 e. The van der Waals surface area contributed by atoms with E-state index in [-0.39, 0.29) is 19.4 Å². The van der Waals surface area contributed by atoms with Crippen molar-refractivity contribution in [2.75, 3.05) is 13.1 Å². The number of carbonyl (C=O) groups is 2. The first-order chi connectivity index (χ1) is 10.8. The number of nitrogens with zero attached hydrogens (tertiary/aromatic N) is 1. The maximum Gasteiger partial charge on any atom is 0.318 e. The lowest BCUT2D eigenvalue weighted by Gasteiger charge is -2.24. The number of halogens is 2. The largest absolute Gasteiger partial charge is 0.481 e. The lowest BCUT2D eigenvalue weighted by molar-refractivity contribution is -0.137. The Bertz CT molecular complexity index is 592. The first-order valence-corrected chi connectivity index (χ1v) is 7.55. The van der Waals surface area contributed by atoms with E-state index in [4.69, 9.17) is 5.11 Å². The lowest BCUT2D eigenvalue weighted by Crippen LogP contribution is -2.42. The molecule has 1 aromatic rings. The number of nitrogens with one attached hydrogen (secondary N) is 1. The van der Waals surface area contributed by atoms with Gasteiger partial charge in [0.2, 0.25) is 0 Å². The highest BCUT2D eigenvalue weighted by Gasteiger charge is 2.40. The molecule has 1 aliphatic rings. The van der Waals surface area contributed by atoms with E-state index >= 15 is 0 Å². The van der Waals surface area contributed by atoms with Gasteiger partial charge < -0.3 is 15.3 Å². The summed E-state index contributed by atoms with van der Waals surface area (Å²) in [5, 5.41) is 11.7. The first kappa shape index (κ1) is 17.2. The predicted molar refractivity (Wildman–Crippen MR) is 80.5 cm³/mol. The zero-order valence-corrected chi connectivity index (χ0v) is 12.9. The summed E-state index contributed by atoms with van der Waals surface area (Å²) < 4.78 is 26.5. The average Bonchev–Trinajstić information content (AvgIpc) is 2.86. The molecule has 1 atom stereocenters. The number of likely N-dealkylation sites (tertiary alicyclic amines) is 1. The number of alkyl halides is 2. The van der Waals surface area contributed by atoms with Gasteiger partial charge in [-0.25, -0.2) is 13.6 Å². The number of urea groups is 1. The smallest absolute Gasteiger partial charge is 0.318 e. The zero-order valence-electron chi connectivity index (χ0n) is 12.9. The molecule has 1 aliphatic heterocycles. The fourth-order valence-electron chi connectivity index (χ4n) is 2.76. The van der Waals surface area contributed by atoms with Gasteiger partial charge in [-0.05, 0) is 17.5 Å². The Hall–Kier alpha value is -2.18. The Morgan fingerprint density at radius 3 is 2.65 bits per heavy atom. The Balaban J connectivity index is 2.16. The number of carboxylic acid groups (broad SMARTS) is 1. The van der Waals surface area contributed by atoms with Crippen LogP contribution in [0.2, 0.25) is 0 Å². The summed E-state index contributed by atoms with van der Waals surface area (Å²) >= 11 is 0. The van der Waals surface area contributed by atoms with Crippen LogP contribution in [0.15, 0.2) is 24.3 Å². The summed E-state index contributed by atoms with van der Waals surface area (Å²) in [4.78, 5) is 24.3. The number of amides is 2. The quantitative estimate of drug-likeness (QED) is 0.874. The van der Waals surface area contributed by atoms with Gasteiger partial charge in [0.15, 0.2) is 0 Å². The highest BCUT2D eigenvalue weighted by Crippen LogP contribution is 2.28. The lowest BCUT2D eigenvalue weighted by atomic mass is 9.96. The number of hydrogen-bond acceptors (Lipinski definition) is 2. The van der Waals surface area contributed by atoms with Gasteiger partial charge in [0.1, 0.15) is 0 Å². The van der Waals surface area contributed by atoms with E-state index < -0.39 is 30.5 Å². The third-order valence-electron chi connectivity index (χ3n) is 3.94. The second kappa shape index (κ2) is 6.93. The highest BCUT2D eigenvalue weighted by molar-refractivity contribution is 5.76. The molecule has 0 spiro atoms. The fourth-order valence-corrected chi connectivity index (χ4v) is 2.76. The van der Waals surface area contributed by atoms with Gasteiger partial charge in [0.05, 0.1) is 19.0 Å². The van der Waals surface area contributed by atoms with Gasteiger partial charge in [-0.15, -0.1) is 0 Å². The Kier molecular flexibility index (Phi) is 5.18. The van der Waals surface area contributed by atoms with Crippen LogP contribution < -0.4 is 5.32 Å². The Morgan fingerprint density at radius 1 is 1.39 bits per heavy atom. The topological polar surface area (TPSA) is 69.6 Å². The second-order valence-corrected chi connectivity index (χ2v) is 5.68. The van der Waals surface area contributed by atoms with Crippen molar-refractivity contribution in [2.45, 2.75) is 38.2 Å². The molecule has 2 rings (SSSR count). The molecular formula is C16H20F2N2O3. The van der Waals surface area contributed by atoms with Crippen molar-refractivity contribution in [2.24, 2.45) is 0 Å². The Labute approximate surface area is 133 Å². The maximum atomic E-state index is 13.2. The van der Waals surface area contributed by atoms with E-state index in [1.54, 1.807) is 12.1 Å². The second-order valence-electron chi connectivity index (χ2n) is 5.68. The molecule has 1 unspecified atom stereocenters. The van der Waals surface area contributed by atoms with Gasteiger partial charge in [0.25, 0.3) is 5.92 Å². The van der Waals surface area contributed by atoms with Crippen LogP contribution in [0.3, 0.4) is 0 Å². The molecule has 5 nitrogen and oxygen atoms in total. The van der Waals surface area contributed by atoms with Crippen molar-refractivity contribution >= 4 is 12.0 Å². The summed E-state index contributed by atoms with van der Waals surface area (Å²) in [6, 6.07) is 5.82. The van der Waals surface area contributed by atoms with Crippen LogP contribution in [0.25, 0.3) is 0 Å². The summed E-state index contributed by atoms with van der Waals surface area (Å²) in [6.07, 6.45) is 0.0203. The van der Waals surface area contributed by atoms with Crippen molar-refractivity contribution < 1.29 is 23.5 Å². The number of hydrogen-bond donors (Lipinski definition) is 2. The molecule has 23 heavy (non-hydrogen) atoms. The van der Waals surface area contributed by atoms with Crippen LogP contribution in [0.5, 0.6) is 0 Å². The summed E-state index contributed by atoms with van der Waals surface area (Å²) in [5.74, 6) is -3.94. The van der Waals surface area contributed by atoms with E-state index in [2.05, 4.69) is 5.32 Å². The number of aryl methyl sites for hydroxylation is 1. The molecular weight excluding hydrogens is 306 g/mol. The van der Waals surface area contributed by atoms with Crippen molar-refractivity contribution in [3.63, 3.8) is 0 Å². The van der Waals surface area contributed by atoms with Crippen LogP contribution in [0.1, 0.15) is 36.9 Å². The van der Waals surface area contributed by atoms with E-state index in [0.717, 1.165) is 10.5 Å². The molecule has 0 saturated carbocycles. The van der Waals surface area contributed by atoms with Crippen molar-refractivity contribution in [3.05, 3.63) is 35.4 Å². The fraction of sp³-hybridized carbons (Fsp3) is 0.500. The van der Waals surface area contributed by atoms with Crippen LogP contribution in [-0.2, 0) is 11.2 Å². The van der Waals surface area contributed by atoms with Crippen LogP contribution in [0, 0.1) is 0 Å². The van der Waals surface area contributed by atoms with Gasteiger partial charge in [-0.2, -0.15) is 0 Å². The summed E-state index contributed by atoms with van der Waals surface area (Å²) in [7, 11) is 0. The number of carbonyl (C=O) groups excluding carboxylic acids is 1. The molecule has 0 bridgehead atoms. The number of carboxylic acids is 1. The van der Waals surface area contributed by atoms with Gasteiger partial charge in [-0.1, -0.05) is 31.2 Å². The van der Waals surface area contributed by atoms with Gasteiger partial charge in [0, 0.05) is 13.0 Å². The van der Waals surface area contributed by atoms with Crippen molar-refractivity contribution in [1.82, 2.24) is 10.2 Å². The van der Waals surface area contributed by atoms with E-state index in [1.807, 2.05) is 19.1 Å². The monoisotopic (exact) mass is 326 g/mol. The number of rotatable bonds is 5. The molecule has 1 saturated heterocycles. The number of benzene rings is 1. The molecule has 1 heterocycles. The molecule has 2 N–H and O–H groups in total. The van der Waals surface area contributed by atoms with Gasteiger partial charge >= 0.3 is 12.0 Å². The minimum atomic E-state index is -2.87. The molecule has 2 amide bonds. The minimum absolute atomic E-state index is 0.0337. The molecule has 1 aromatic carbocycles. The van der Waals surface area contributed by atoms with E-state index in [1.165, 1.54) is 0 Å². The third-order valence-corrected chi connectivity index (χ3v) is 3.94. The van der Waals surface area contributed by atoms with Crippen LogP contribution in [0.4, 0.5) is 13.6 Å². The van der Waals surface area contributed by atoms with Crippen LogP contribution in [-0.4, -0.2) is 41.0 Å². The molecule has 0 aliphatic carbocycles. The SMILES string of the molecule is CCc1ccccc1C(CC(=O)O)NC(=O)N1CCC(F)(F)C1. The van der Waals surface area contributed by atoms with Gasteiger partial charge in [-0.3, -0.25) is 4.79 Å². The van der Waals surface area contributed by atoms with Crippen molar-refractivity contribution in [3.8, 4) is 0 Å². The van der Waals surface area contributed by atoms with E-state index in [0.29, 0.717) is 12.0 Å². The first-order valence-electron chi connectivity index (χ1n) is 7.55. The summed E-state index contributed by atoms with van der Waals surface area (Å²) in [5.41, 5.74) is 1.63. The molecule has 0 radical (unpaired) electrons. The number of aliphatic carboxylic acids is 1. The molecule has 0 aromatic heterocycles. The third kappa shape index (κ3) is 4.40.